The summed E-state index contributed by atoms with van der Waals surface area (Å²) in [6.07, 6.45) is 2.39. The minimum atomic E-state index is -1.51. The zero-order valence-electron chi connectivity index (χ0n) is 9.15. The van der Waals surface area contributed by atoms with Gasteiger partial charge in [-0.25, -0.2) is 4.79 Å². The van der Waals surface area contributed by atoms with Crippen molar-refractivity contribution in [2.45, 2.75) is 31.8 Å². The number of carboxylic acids is 1. The zero-order valence-corrected chi connectivity index (χ0v) is 9.15. The number of nitrogens with zero attached hydrogens (tertiary/aromatic N) is 1. The van der Waals surface area contributed by atoms with Crippen LogP contribution in [0.3, 0.4) is 0 Å². The van der Waals surface area contributed by atoms with Gasteiger partial charge in [-0.05, 0) is 38.3 Å². The molecule has 2 N–H and O–H groups in total. The zero-order chi connectivity index (χ0) is 11.1. The quantitative estimate of drug-likeness (QED) is 0.719. The van der Waals surface area contributed by atoms with Gasteiger partial charge in [-0.3, -0.25) is 0 Å². The first kappa shape index (κ1) is 10.9. The average molecular weight is 213 g/mol. The van der Waals surface area contributed by atoms with Crippen LogP contribution in [0.5, 0.6) is 0 Å². The summed E-state index contributed by atoms with van der Waals surface area (Å²) < 4.78 is 0. The molecule has 2 atom stereocenters. The van der Waals surface area contributed by atoms with E-state index in [1.165, 1.54) is 0 Å². The first-order valence-corrected chi connectivity index (χ1v) is 5.76. The van der Waals surface area contributed by atoms with Gasteiger partial charge in [-0.2, -0.15) is 0 Å². The number of aliphatic carboxylic acids is 1. The second-order valence-electron chi connectivity index (χ2n) is 4.83. The third kappa shape index (κ3) is 1.66. The van der Waals surface area contributed by atoms with Gasteiger partial charge in [-0.15, -0.1) is 0 Å². The van der Waals surface area contributed by atoms with Crippen LogP contribution in [0.2, 0.25) is 0 Å². The van der Waals surface area contributed by atoms with Crippen molar-refractivity contribution in [2.75, 3.05) is 19.6 Å². The molecule has 0 aromatic rings. The minimum absolute atomic E-state index is 0.0810. The van der Waals surface area contributed by atoms with E-state index in [-0.39, 0.29) is 5.92 Å². The Hall–Kier alpha value is -0.610. The number of fused-ring (bicyclic) bond motifs is 3. The molecule has 3 aliphatic heterocycles. The van der Waals surface area contributed by atoms with Gasteiger partial charge >= 0.3 is 5.97 Å². The molecule has 3 saturated heterocycles. The first-order chi connectivity index (χ1) is 7.08. The molecule has 3 aliphatic rings. The molecule has 2 bridgehead atoms. The fourth-order valence-corrected chi connectivity index (χ4v) is 3.08. The van der Waals surface area contributed by atoms with Crippen molar-refractivity contribution in [3.8, 4) is 0 Å². The summed E-state index contributed by atoms with van der Waals surface area (Å²) in [5.74, 6) is -0.734. The molecule has 3 fully saturated rings. The Morgan fingerprint density at radius 3 is 2.40 bits per heavy atom. The van der Waals surface area contributed by atoms with E-state index in [2.05, 4.69) is 4.90 Å². The lowest BCUT2D eigenvalue weighted by Gasteiger charge is -2.49. The summed E-state index contributed by atoms with van der Waals surface area (Å²) in [6, 6.07) is 0. The number of piperidine rings is 3. The van der Waals surface area contributed by atoms with Crippen LogP contribution in [0.25, 0.3) is 0 Å². The highest BCUT2D eigenvalue weighted by Crippen LogP contribution is 2.40. The van der Waals surface area contributed by atoms with E-state index in [0.717, 1.165) is 32.5 Å². The highest BCUT2D eigenvalue weighted by Gasteiger charge is 2.50. The van der Waals surface area contributed by atoms with Gasteiger partial charge in [0, 0.05) is 12.5 Å². The predicted molar refractivity (Wildman–Crippen MR) is 55.5 cm³/mol. The van der Waals surface area contributed by atoms with E-state index in [1.54, 1.807) is 6.92 Å². The molecule has 0 aromatic heterocycles. The Labute approximate surface area is 89.9 Å². The number of hydrogen-bond acceptors (Lipinski definition) is 3. The normalized spacial score (nSPS) is 38.7. The Bertz CT molecular complexity index is 261. The predicted octanol–water partition coefficient (Wildman–Crippen LogP) is 0.554. The molecular formula is C11H19NO3. The summed E-state index contributed by atoms with van der Waals surface area (Å²) in [5.41, 5.74) is -1.51. The number of carbonyl (C=O) groups is 1. The molecular weight excluding hydrogens is 194 g/mol. The van der Waals surface area contributed by atoms with Crippen molar-refractivity contribution in [1.82, 2.24) is 4.90 Å². The summed E-state index contributed by atoms with van der Waals surface area (Å²) >= 11 is 0. The van der Waals surface area contributed by atoms with E-state index in [1.807, 2.05) is 0 Å². The number of carboxylic acid groups (broad SMARTS) is 1. The van der Waals surface area contributed by atoms with Gasteiger partial charge in [0.25, 0.3) is 0 Å². The molecule has 0 radical (unpaired) electrons. The molecule has 0 spiro atoms. The topological polar surface area (TPSA) is 60.8 Å². The van der Waals surface area contributed by atoms with E-state index < -0.39 is 11.6 Å². The van der Waals surface area contributed by atoms with E-state index in [0.29, 0.717) is 12.3 Å². The fourth-order valence-electron chi connectivity index (χ4n) is 3.08. The lowest BCUT2D eigenvalue weighted by Crippen LogP contribution is -2.59. The van der Waals surface area contributed by atoms with Crippen LogP contribution in [-0.2, 0) is 4.79 Å². The second-order valence-corrected chi connectivity index (χ2v) is 4.83. The van der Waals surface area contributed by atoms with Crippen molar-refractivity contribution >= 4 is 5.97 Å². The van der Waals surface area contributed by atoms with Crippen LogP contribution in [0, 0.1) is 11.8 Å². The third-order valence-corrected chi connectivity index (χ3v) is 4.18. The summed E-state index contributed by atoms with van der Waals surface area (Å²) in [7, 11) is 0. The smallest absolute Gasteiger partial charge is 0.336 e. The lowest BCUT2D eigenvalue weighted by molar-refractivity contribution is -0.175. The van der Waals surface area contributed by atoms with Gasteiger partial charge in [0.05, 0.1) is 0 Å². The maximum atomic E-state index is 11.2. The molecule has 3 rings (SSSR count). The van der Waals surface area contributed by atoms with Crippen LogP contribution in [0.1, 0.15) is 26.2 Å². The van der Waals surface area contributed by atoms with Crippen LogP contribution >= 0.6 is 0 Å². The van der Waals surface area contributed by atoms with E-state index >= 15 is 0 Å². The van der Waals surface area contributed by atoms with Crippen LogP contribution < -0.4 is 0 Å². The Morgan fingerprint density at radius 2 is 2.07 bits per heavy atom. The molecule has 4 nitrogen and oxygen atoms in total. The molecule has 3 heterocycles. The van der Waals surface area contributed by atoms with Crippen LogP contribution in [0.15, 0.2) is 0 Å². The largest absolute Gasteiger partial charge is 0.479 e. The van der Waals surface area contributed by atoms with E-state index in [4.69, 9.17) is 5.11 Å². The third-order valence-electron chi connectivity index (χ3n) is 4.18. The molecule has 0 aliphatic carbocycles. The Kier molecular flexibility index (Phi) is 2.73. The molecule has 4 heteroatoms. The Balaban J connectivity index is 2.18. The van der Waals surface area contributed by atoms with Crippen LogP contribution in [-0.4, -0.2) is 46.3 Å². The number of hydrogen-bond donors (Lipinski definition) is 2. The molecule has 0 amide bonds. The standard InChI is InChI=1S/C11H19NO3/c1-2-11(15,10(13)14)9-7-12-5-3-8(9)4-6-12/h8-9,15H,2-7H2,1H3,(H,13,14). The number of aliphatic hydroxyl groups is 1. The van der Waals surface area contributed by atoms with Crippen LogP contribution in [0.4, 0.5) is 0 Å². The second kappa shape index (κ2) is 3.76. The maximum Gasteiger partial charge on any atom is 0.336 e. The van der Waals surface area contributed by atoms with Crippen molar-refractivity contribution < 1.29 is 15.0 Å². The van der Waals surface area contributed by atoms with Crippen molar-refractivity contribution in [3.05, 3.63) is 0 Å². The monoisotopic (exact) mass is 213 g/mol. The highest BCUT2D eigenvalue weighted by atomic mass is 16.4. The fraction of sp³-hybridized carbons (Fsp3) is 0.909. The van der Waals surface area contributed by atoms with Gasteiger partial charge in [-0.1, -0.05) is 6.92 Å². The van der Waals surface area contributed by atoms with Crippen molar-refractivity contribution in [1.29, 1.82) is 0 Å². The van der Waals surface area contributed by atoms with E-state index in [9.17, 15) is 9.90 Å². The minimum Gasteiger partial charge on any atom is -0.479 e. The van der Waals surface area contributed by atoms with Gasteiger partial charge in [0.1, 0.15) is 0 Å². The van der Waals surface area contributed by atoms with Gasteiger partial charge < -0.3 is 15.1 Å². The first-order valence-electron chi connectivity index (χ1n) is 5.76. The average Bonchev–Trinajstić information content (AvgIpc) is 2.29. The highest BCUT2D eigenvalue weighted by molar-refractivity contribution is 5.77. The maximum absolute atomic E-state index is 11.2. The molecule has 86 valence electrons. The molecule has 0 aromatic carbocycles. The summed E-state index contributed by atoms with van der Waals surface area (Å²) in [5, 5.41) is 19.4. The summed E-state index contributed by atoms with van der Waals surface area (Å²) in [6.45, 7) is 4.65. The van der Waals surface area contributed by atoms with Crippen molar-refractivity contribution in [2.24, 2.45) is 11.8 Å². The summed E-state index contributed by atoms with van der Waals surface area (Å²) in [4.78, 5) is 13.4. The lowest BCUT2D eigenvalue weighted by atomic mass is 9.69. The number of rotatable bonds is 3. The van der Waals surface area contributed by atoms with Crippen molar-refractivity contribution in [3.63, 3.8) is 0 Å². The molecule has 2 unspecified atom stereocenters. The van der Waals surface area contributed by atoms with Gasteiger partial charge in [0.2, 0.25) is 0 Å². The molecule has 0 saturated carbocycles. The molecule has 15 heavy (non-hydrogen) atoms. The SMILES string of the molecule is CCC(O)(C(=O)O)C1CN2CCC1CC2. The Morgan fingerprint density at radius 1 is 1.47 bits per heavy atom. The van der Waals surface area contributed by atoms with Gasteiger partial charge in [0.15, 0.2) is 5.60 Å².